The van der Waals surface area contributed by atoms with Gasteiger partial charge >= 0.3 is 0 Å². The number of ether oxygens (including phenoxy) is 2. The Balaban J connectivity index is 2.85. The van der Waals surface area contributed by atoms with Crippen molar-refractivity contribution in [3.8, 4) is 11.5 Å². The number of anilines is 1. The van der Waals surface area contributed by atoms with Crippen LogP contribution in [0.25, 0.3) is 0 Å². The van der Waals surface area contributed by atoms with Gasteiger partial charge in [-0.05, 0) is 12.3 Å². The molecular weight excluding hydrogens is 246 g/mol. The van der Waals surface area contributed by atoms with Crippen LogP contribution < -0.4 is 14.8 Å². The lowest BCUT2D eigenvalue weighted by atomic mass is 10.2. The summed E-state index contributed by atoms with van der Waals surface area (Å²) in [4.78, 5) is 0. The van der Waals surface area contributed by atoms with E-state index in [0.29, 0.717) is 10.8 Å². The molecule has 1 N–H and O–H groups in total. The van der Waals surface area contributed by atoms with E-state index < -0.39 is 0 Å². The second-order valence-electron chi connectivity index (χ2n) is 3.11. The van der Waals surface area contributed by atoms with Crippen molar-refractivity contribution < 1.29 is 9.47 Å². The first kappa shape index (κ1) is 13.3. The molecule has 90 valence electrons. The van der Waals surface area contributed by atoms with E-state index in [0.717, 1.165) is 23.7 Å². The number of benzene rings is 1. The van der Waals surface area contributed by atoms with Gasteiger partial charge in [0.1, 0.15) is 11.5 Å². The van der Waals surface area contributed by atoms with Crippen molar-refractivity contribution >= 4 is 29.1 Å². The zero-order valence-electron chi connectivity index (χ0n) is 9.67. The highest BCUT2D eigenvalue weighted by atomic mass is 35.5. The molecule has 0 fully saturated rings. The maximum atomic E-state index is 6.05. The van der Waals surface area contributed by atoms with Crippen LogP contribution in [-0.4, -0.2) is 32.8 Å². The van der Waals surface area contributed by atoms with Crippen molar-refractivity contribution in [3.05, 3.63) is 17.2 Å². The van der Waals surface area contributed by atoms with E-state index in [4.69, 9.17) is 21.1 Å². The summed E-state index contributed by atoms with van der Waals surface area (Å²) in [6, 6.07) is 3.60. The van der Waals surface area contributed by atoms with Crippen LogP contribution in [0.2, 0.25) is 5.02 Å². The molecule has 0 saturated heterocycles. The molecule has 0 bridgehead atoms. The largest absolute Gasteiger partial charge is 0.495 e. The van der Waals surface area contributed by atoms with E-state index in [9.17, 15) is 0 Å². The molecule has 1 rings (SSSR count). The van der Waals surface area contributed by atoms with Crippen LogP contribution in [0.1, 0.15) is 0 Å². The minimum atomic E-state index is 0.579. The lowest BCUT2D eigenvalue weighted by Gasteiger charge is -2.13. The van der Waals surface area contributed by atoms with Gasteiger partial charge in [0.15, 0.2) is 0 Å². The molecule has 0 spiro atoms. The monoisotopic (exact) mass is 261 g/mol. The fraction of sp³-hybridized carbons (Fsp3) is 0.455. The average Bonchev–Trinajstić information content (AvgIpc) is 2.30. The predicted octanol–water partition coefficient (Wildman–Crippen LogP) is 3.13. The topological polar surface area (TPSA) is 30.5 Å². The van der Waals surface area contributed by atoms with Gasteiger partial charge in [0.05, 0.1) is 24.9 Å². The van der Waals surface area contributed by atoms with E-state index in [2.05, 4.69) is 11.6 Å². The Bertz CT molecular complexity index is 347. The summed E-state index contributed by atoms with van der Waals surface area (Å²) in [6.45, 7) is 0.875. The molecule has 5 heteroatoms. The molecule has 0 aromatic heterocycles. The molecular formula is C11H16ClNO2S. The highest BCUT2D eigenvalue weighted by Gasteiger charge is 2.09. The Hall–Kier alpha value is -0.740. The van der Waals surface area contributed by atoms with Gasteiger partial charge in [-0.2, -0.15) is 11.8 Å². The van der Waals surface area contributed by atoms with Crippen molar-refractivity contribution in [2.24, 2.45) is 0 Å². The normalized spacial score (nSPS) is 10.0. The maximum Gasteiger partial charge on any atom is 0.145 e. The standard InChI is InChI=1S/C11H16ClNO2S/c1-14-10-7-11(15-2)9(6-8(10)12)13-4-5-16-3/h6-7,13H,4-5H2,1-3H3. The highest BCUT2D eigenvalue weighted by molar-refractivity contribution is 7.98. The number of hydrogen-bond donors (Lipinski definition) is 1. The summed E-state index contributed by atoms with van der Waals surface area (Å²) in [5.74, 6) is 2.39. The van der Waals surface area contributed by atoms with Crippen LogP contribution in [-0.2, 0) is 0 Å². The number of halogens is 1. The SMILES string of the molecule is COc1cc(OC)c(NCCSC)cc1Cl. The lowest BCUT2D eigenvalue weighted by Crippen LogP contribution is -2.05. The Morgan fingerprint density at radius 2 is 1.94 bits per heavy atom. The maximum absolute atomic E-state index is 6.05. The Morgan fingerprint density at radius 3 is 2.50 bits per heavy atom. The number of methoxy groups -OCH3 is 2. The van der Waals surface area contributed by atoms with Crippen molar-refractivity contribution in [2.45, 2.75) is 0 Å². The van der Waals surface area contributed by atoms with E-state index in [1.54, 1.807) is 32.0 Å². The molecule has 0 aliphatic rings. The fourth-order valence-corrected chi connectivity index (χ4v) is 1.83. The Morgan fingerprint density at radius 1 is 1.25 bits per heavy atom. The smallest absolute Gasteiger partial charge is 0.145 e. The van der Waals surface area contributed by atoms with Crippen LogP contribution >= 0.6 is 23.4 Å². The fourth-order valence-electron chi connectivity index (χ4n) is 1.29. The summed E-state index contributed by atoms with van der Waals surface area (Å²) in [5.41, 5.74) is 0.891. The molecule has 0 aliphatic heterocycles. The van der Waals surface area contributed by atoms with Crippen LogP contribution in [0, 0.1) is 0 Å². The van der Waals surface area contributed by atoms with Gasteiger partial charge in [0.25, 0.3) is 0 Å². The van der Waals surface area contributed by atoms with Crippen molar-refractivity contribution in [1.29, 1.82) is 0 Å². The molecule has 0 radical (unpaired) electrons. The van der Waals surface area contributed by atoms with Crippen LogP contribution in [0.3, 0.4) is 0 Å². The Kier molecular flexibility index (Phi) is 5.63. The van der Waals surface area contributed by atoms with Gasteiger partial charge < -0.3 is 14.8 Å². The first-order valence-corrected chi connectivity index (χ1v) is 6.64. The summed E-state index contributed by atoms with van der Waals surface area (Å²) in [6.07, 6.45) is 2.07. The van der Waals surface area contributed by atoms with Crippen LogP contribution in [0.15, 0.2) is 12.1 Å². The molecule has 0 unspecified atom stereocenters. The molecule has 1 aromatic carbocycles. The number of rotatable bonds is 6. The summed E-state index contributed by atoms with van der Waals surface area (Å²) >= 11 is 7.83. The first-order chi connectivity index (χ1) is 7.72. The van der Waals surface area contributed by atoms with Crippen LogP contribution in [0.4, 0.5) is 5.69 Å². The third kappa shape index (κ3) is 3.39. The summed E-state index contributed by atoms with van der Waals surface area (Å²) in [7, 11) is 3.21. The van der Waals surface area contributed by atoms with Gasteiger partial charge in [-0.15, -0.1) is 0 Å². The third-order valence-electron chi connectivity index (χ3n) is 2.10. The average molecular weight is 262 g/mol. The molecule has 16 heavy (non-hydrogen) atoms. The molecule has 0 aliphatic carbocycles. The zero-order valence-corrected chi connectivity index (χ0v) is 11.2. The van der Waals surface area contributed by atoms with Gasteiger partial charge in [-0.25, -0.2) is 0 Å². The Labute approximate surface area is 105 Å². The second kappa shape index (κ2) is 6.76. The van der Waals surface area contributed by atoms with Crippen molar-refractivity contribution in [3.63, 3.8) is 0 Å². The van der Waals surface area contributed by atoms with E-state index in [1.165, 1.54) is 0 Å². The van der Waals surface area contributed by atoms with Crippen molar-refractivity contribution in [1.82, 2.24) is 0 Å². The first-order valence-electron chi connectivity index (χ1n) is 4.87. The quantitative estimate of drug-likeness (QED) is 0.797. The minimum absolute atomic E-state index is 0.579. The van der Waals surface area contributed by atoms with Gasteiger partial charge in [0, 0.05) is 18.4 Å². The second-order valence-corrected chi connectivity index (χ2v) is 4.50. The number of nitrogens with one attached hydrogen (secondary N) is 1. The molecule has 0 heterocycles. The molecule has 0 atom stereocenters. The van der Waals surface area contributed by atoms with E-state index >= 15 is 0 Å². The molecule has 0 amide bonds. The van der Waals surface area contributed by atoms with E-state index in [1.807, 2.05) is 6.07 Å². The highest BCUT2D eigenvalue weighted by Crippen LogP contribution is 2.35. The van der Waals surface area contributed by atoms with Crippen LogP contribution in [0.5, 0.6) is 11.5 Å². The molecule has 1 aromatic rings. The summed E-state index contributed by atoms with van der Waals surface area (Å²) < 4.78 is 10.4. The number of thioether (sulfide) groups is 1. The third-order valence-corrected chi connectivity index (χ3v) is 3.00. The number of hydrogen-bond acceptors (Lipinski definition) is 4. The predicted molar refractivity (Wildman–Crippen MR) is 71.4 cm³/mol. The van der Waals surface area contributed by atoms with E-state index in [-0.39, 0.29) is 0 Å². The zero-order chi connectivity index (χ0) is 12.0. The van der Waals surface area contributed by atoms with Gasteiger partial charge in [0.2, 0.25) is 0 Å². The minimum Gasteiger partial charge on any atom is -0.495 e. The summed E-state index contributed by atoms with van der Waals surface area (Å²) in [5, 5.41) is 3.85. The lowest BCUT2D eigenvalue weighted by molar-refractivity contribution is 0.395. The molecule has 3 nitrogen and oxygen atoms in total. The van der Waals surface area contributed by atoms with Gasteiger partial charge in [-0.3, -0.25) is 0 Å². The molecule has 0 saturated carbocycles. The van der Waals surface area contributed by atoms with Crippen molar-refractivity contribution in [2.75, 3.05) is 38.1 Å². The van der Waals surface area contributed by atoms with Gasteiger partial charge in [-0.1, -0.05) is 11.6 Å².